The first-order valence-corrected chi connectivity index (χ1v) is 16.6. The summed E-state index contributed by atoms with van der Waals surface area (Å²) in [5, 5.41) is 4.60. The van der Waals surface area contributed by atoms with Crippen LogP contribution in [0.4, 0.5) is 5.69 Å². The Kier molecular flexibility index (Phi) is 6.88. The van der Waals surface area contributed by atoms with E-state index in [1.54, 1.807) is 37.0 Å². The predicted molar refractivity (Wildman–Crippen MR) is 159 cm³/mol. The summed E-state index contributed by atoms with van der Waals surface area (Å²) in [5.41, 5.74) is 2.84. The van der Waals surface area contributed by atoms with Crippen molar-refractivity contribution < 1.29 is 22.7 Å². The lowest BCUT2D eigenvalue weighted by Gasteiger charge is -2.64. The molecule has 3 saturated carbocycles. The van der Waals surface area contributed by atoms with Crippen LogP contribution in [-0.4, -0.2) is 47.4 Å². The molecule has 1 saturated heterocycles. The second kappa shape index (κ2) is 9.90. The molecule has 0 radical (unpaired) electrons. The predicted octanol–water partition coefficient (Wildman–Crippen LogP) is 5.98. The second-order valence-electron chi connectivity index (χ2n) is 12.7. The molecule has 2 aromatic carbocycles. The average molecular weight is 583 g/mol. The Hall–Kier alpha value is -2.33. The van der Waals surface area contributed by atoms with Gasteiger partial charge in [-0.15, -0.1) is 0 Å². The molecule has 10 heteroatoms. The molecular weight excluding hydrogens is 547 g/mol. The van der Waals surface area contributed by atoms with Crippen LogP contribution in [0.5, 0.6) is 0 Å². The Labute approximate surface area is 241 Å². The molecule has 2 bridgehead atoms. The van der Waals surface area contributed by atoms with Gasteiger partial charge in [-0.05, 0) is 72.8 Å². The summed E-state index contributed by atoms with van der Waals surface area (Å²) in [5.74, 6) is 0.486. The van der Waals surface area contributed by atoms with Crippen LogP contribution in [0.2, 0.25) is 5.02 Å². The van der Waals surface area contributed by atoms with Gasteiger partial charge in [0.05, 0.1) is 41.0 Å². The maximum Gasteiger partial charge on any atom is 0.482 e. The lowest BCUT2D eigenvalue weighted by molar-refractivity contribution is -0.199. The number of carbonyl (C=O) groups is 1. The Morgan fingerprint density at radius 2 is 1.98 bits per heavy atom. The molecule has 3 aliphatic carbocycles. The number of fused-ring (bicyclic) bond motifs is 1. The molecule has 1 amide bonds. The zero-order chi connectivity index (χ0) is 28.4. The van der Waals surface area contributed by atoms with E-state index in [2.05, 4.69) is 30.5 Å². The van der Waals surface area contributed by atoms with E-state index in [1.165, 1.54) is 0 Å². The van der Waals surface area contributed by atoms with Crippen molar-refractivity contribution in [1.29, 1.82) is 0 Å². The molecule has 3 aromatic rings. The van der Waals surface area contributed by atoms with Crippen molar-refractivity contribution in [3.05, 3.63) is 64.9 Å². The van der Waals surface area contributed by atoms with Crippen LogP contribution in [-0.2, 0) is 36.7 Å². The first-order valence-electron chi connectivity index (χ1n) is 13.9. The molecule has 5 atom stereocenters. The maximum atomic E-state index is 13.4. The van der Waals surface area contributed by atoms with Gasteiger partial charge in [-0.3, -0.25) is 4.79 Å². The molecule has 0 spiro atoms. The standard InChI is InChI=1S/C30H36BClN2O5S/c1-29(2)20-15-25(29)30(3)26(16-20)38-31(39-30)27(14-19-17-37-24-9-7-6-8-21(19)24)33-28(35)13-18-10-11-23(22(32)12-18)34-40(4,5)36/h6-12,17,20,25-27H,13-16H2,1-5H3,(H,33,35)/t20-,25-,26+,27-,30-/m0/s1. The number of rotatable bonds is 7. The highest BCUT2D eigenvalue weighted by Gasteiger charge is 2.68. The molecule has 4 fully saturated rings. The van der Waals surface area contributed by atoms with Crippen LogP contribution in [0, 0.1) is 17.3 Å². The number of nitrogens with one attached hydrogen (secondary N) is 1. The van der Waals surface area contributed by atoms with Crippen LogP contribution in [0.25, 0.3) is 11.0 Å². The van der Waals surface area contributed by atoms with Gasteiger partial charge in [-0.2, -0.15) is 4.36 Å². The topological polar surface area (TPSA) is 90.1 Å². The second-order valence-corrected chi connectivity index (χ2v) is 15.7. The van der Waals surface area contributed by atoms with E-state index in [9.17, 15) is 9.00 Å². The number of hydrogen-bond donors (Lipinski definition) is 1. The Morgan fingerprint density at radius 1 is 1.20 bits per heavy atom. The zero-order valence-corrected chi connectivity index (χ0v) is 25.2. The molecule has 1 N–H and O–H groups in total. The molecule has 1 aromatic heterocycles. The van der Waals surface area contributed by atoms with Crippen molar-refractivity contribution >= 4 is 51.0 Å². The van der Waals surface area contributed by atoms with Crippen molar-refractivity contribution in [1.82, 2.24) is 5.32 Å². The molecule has 4 aliphatic rings. The van der Waals surface area contributed by atoms with E-state index in [4.69, 9.17) is 25.3 Å². The number of benzene rings is 2. The number of hydrogen-bond acceptors (Lipinski definition) is 6. The van der Waals surface area contributed by atoms with E-state index in [1.807, 2.05) is 24.3 Å². The molecule has 40 heavy (non-hydrogen) atoms. The highest BCUT2D eigenvalue weighted by Crippen LogP contribution is 2.65. The first-order chi connectivity index (χ1) is 18.8. The summed E-state index contributed by atoms with van der Waals surface area (Å²) in [6, 6.07) is 13.1. The Bertz CT molecular complexity index is 1590. The molecule has 0 unspecified atom stereocenters. The monoisotopic (exact) mass is 582 g/mol. The Balaban J connectivity index is 1.24. The number of nitrogens with zero attached hydrogens (tertiary/aromatic N) is 1. The fraction of sp³-hybridized carbons (Fsp3) is 0.500. The summed E-state index contributed by atoms with van der Waals surface area (Å²) in [6.07, 6.45) is 7.66. The van der Waals surface area contributed by atoms with Crippen molar-refractivity contribution in [3.63, 3.8) is 0 Å². The summed E-state index contributed by atoms with van der Waals surface area (Å²) in [4.78, 5) is 13.4. The Morgan fingerprint density at radius 3 is 2.70 bits per heavy atom. The van der Waals surface area contributed by atoms with Gasteiger partial charge in [0.2, 0.25) is 5.91 Å². The van der Waals surface area contributed by atoms with Gasteiger partial charge >= 0.3 is 7.12 Å². The minimum Gasteiger partial charge on any atom is -0.464 e. The van der Waals surface area contributed by atoms with Crippen molar-refractivity contribution in [2.45, 2.75) is 64.1 Å². The number of carbonyl (C=O) groups excluding carboxylic acids is 1. The largest absolute Gasteiger partial charge is 0.482 e. The van der Waals surface area contributed by atoms with E-state index in [0.29, 0.717) is 29.0 Å². The van der Waals surface area contributed by atoms with Crippen molar-refractivity contribution in [2.75, 3.05) is 12.5 Å². The minimum atomic E-state index is -2.35. The van der Waals surface area contributed by atoms with Crippen LogP contribution in [0.1, 0.15) is 44.7 Å². The van der Waals surface area contributed by atoms with Gasteiger partial charge in [0.25, 0.3) is 0 Å². The third kappa shape index (κ3) is 4.99. The van der Waals surface area contributed by atoms with Gasteiger partial charge < -0.3 is 19.0 Å². The van der Waals surface area contributed by atoms with Crippen molar-refractivity contribution in [3.8, 4) is 0 Å². The minimum absolute atomic E-state index is 0.0114. The van der Waals surface area contributed by atoms with E-state index in [-0.39, 0.29) is 29.4 Å². The fourth-order valence-electron chi connectivity index (χ4n) is 7.13. The molecule has 1 aliphatic heterocycles. The van der Waals surface area contributed by atoms with Gasteiger partial charge in [-0.25, -0.2) is 4.21 Å². The average Bonchev–Trinajstić information content (AvgIpc) is 3.45. The van der Waals surface area contributed by atoms with E-state index >= 15 is 0 Å². The third-order valence-corrected chi connectivity index (χ3v) is 10.3. The fourth-order valence-corrected chi connectivity index (χ4v) is 8.06. The highest BCUT2D eigenvalue weighted by atomic mass is 35.5. The number of para-hydroxylation sites is 1. The van der Waals surface area contributed by atoms with Crippen LogP contribution >= 0.6 is 11.6 Å². The molecular formula is C30H36BClN2O5S. The highest BCUT2D eigenvalue weighted by molar-refractivity contribution is 7.92. The van der Waals surface area contributed by atoms with E-state index < -0.39 is 22.8 Å². The third-order valence-electron chi connectivity index (χ3n) is 9.34. The number of furan rings is 1. The van der Waals surface area contributed by atoms with Gasteiger partial charge in [-0.1, -0.05) is 49.7 Å². The lowest BCUT2D eigenvalue weighted by atomic mass is 9.43. The molecule has 7 nitrogen and oxygen atoms in total. The summed E-state index contributed by atoms with van der Waals surface area (Å²) in [6.45, 7) is 6.86. The van der Waals surface area contributed by atoms with Crippen LogP contribution in [0.3, 0.4) is 0 Å². The van der Waals surface area contributed by atoms with Crippen LogP contribution in [0.15, 0.2) is 57.5 Å². The van der Waals surface area contributed by atoms with Gasteiger partial charge in [0.1, 0.15) is 5.58 Å². The molecule has 7 rings (SSSR count). The number of amides is 1. The summed E-state index contributed by atoms with van der Waals surface area (Å²) < 4.78 is 35.4. The smallest absolute Gasteiger partial charge is 0.464 e. The first kappa shape index (κ1) is 27.8. The lowest BCUT2D eigenvalue weighted by Crippen LogP contribution is -2.65. The molecule has 212 valence electrons. The quantitative estimate of drug-likeness (QED) is 0.346. The number of halogens is 1. The van der Waals surface area contributed by atoms with E-state index in [0.717, 1.165) is 34.9 Å². The van der Waals surface area contributed by atoms with Gasteiger partial charge in [0.15, 0.2) is 0 Å². The summed E-state index contributed by atoms with van der Waals surface area (Å²) in [7, 11) is -2.92. The van der Waals surface area contributed by atoms with Gasteiger partial charge in [0, 0.05) is 27.6 Å². The normalized spacial score (nSPS) is 27.6. The zero-order valence-electron chi connectivity index (χ0n) is 23.6. The molecule has 2 heterocycles. The maximum absolute atomic E-state index is 13.4. The SMILES string of the molecule is CC1(C)[C@@H]2C[C@H]3OB([C@H](Cc4coc5ccccc45)NC(=O)Cc4ccc(N=S(C)(C)=O)c(Cl)c4)O[C@@]3(C)[C@H]1C2. The van der Waals surface area contributed by atoms with Crippen LogP contribution < -0.4 is 5.32 Å². The van der Waals surface area contributed by atoms with Crippen molar-refractivity contribution in [2.24, 2.45) is 21.6 Å². The summed E-state index contributed by atoms with van der Waals surface area (Å²) >= 11 is 6.40.